The number of esters is 1. The van der Waals surface area contributed by atoms with E-state index in [0.29, 0.717) is 4.57 Å². The molecule has 2 heterocycles. The third-order valence-electron chi connectivity index (χ3n) is 7.07. The maximum Gasteiger partial charge on any atom is 0.351 e. The van der Waals surface area contributed by atoms with Crippen LogP contribution in [0, 0.1) is 0 Å². The van der Waals surface area contributed by atoms with Crippen molar-refractivity contribution in [2.45, 2.75) is 56.6 Å². The minimum Gasteiger partial charge on any atom is -0.453 e. The molecule has 1 aromatic heterocycles. The first-order chi connectivity index (χ1) is 19.9. The molecule has 3 atom stereocenters. The van der Waals surface area contributed by atoms with Crippen molar-refractivity contribution in [3.05, 3.63) is 93.9 Å². The molecule has 1 fully saturated rings. The number of carbonyl (C=O) groups excluding carboxylic acids is 1. The normalized spacial score (nSPS) is 20.1. The Hall–Kier alpha value is -4.10. The lowest BCUT2D eigenvalue weighted by Gasteiger charge is -2.43. The maximum atomic E-state index is 16.0. The fraction of sp³-hybridized carbons (Fsp3) is 0.393. The van der Waals surface area contributed by atoms with Crippen LogP contribution in [0.5, 0.6) is 0 Å². The first kappa shape index (κ1) is 30.8. The molecule has 0 bridgehead atoms. The molecule has 1 saturated heterocycles. The predicted octanol–water partition coefficient (Wildman–Crippen LogP) is 3.55. The first-order valence-electron chi connectivity index (χ1n) is 13.2. The van der Waals surface area contributed by atoms with Gasteiger partial charge in [-0.2, -0.15) is 13.8 Å². The van der Waals surface area contributed by atoms with Crippen molar-refractivity contribution in [3.8, 4) is 0 Å². The number of halogens is 2. The minimum atomic E-state index is -3.87. The molecule has 1 unspecified atom stereocenters. The number of rotatable bonds is 10. The number of ether oxygens (including phenoxy) is 2. The lowest BCUT2D eigenvalue weighted by atomic mass is 10.1. The van der Waals surface area contributed by atoms with E-state index in [1.165, 1.54) is 6.07 Å². The molecular formula is C28H32F2N6O5Si. The second-order valence-corrected chi connectivity index (χ2v) is 15.1. The second kappa shape index (κ2) is 12.4. The van der Waals surface area contributed by atoms with Gasteiger partial charge in [-0.3, -0.25) is 9.36 Å². The van der Waals surface area contributed by atoms with Crippen molar-refractivity contribution in [2.24, 2.45) is 5.11 Å². The minimum absolute atomic E-state index is 0.148. The van der Waals surface area contributed by atoms with Crippen LogP contribution in [-0.4, -0.2) is 55.1 Å². The van der Waals surface area contributed by atoms with E-state index in [2.05, 4.69) is 15.0 Å². The predicted molar refractivity (Wildman–Crippen MR) is 154 cm³/mol. The Kier molecular flexibility index (Phi) is 9.11. The van der Waals surface area contributed by atoms with Crippen LogP contribution in [0.25, 0.3) is 10.4 Å². The molecule has 0 saturated carbocycles. The summed E-state index contributed by atoms with van der Waals surface area (Å²) in [6, 6.07) is 20.3. The van der Waals surface area contributed by atoms with Crippen molar-refractivity contribution in [2.75, 3.05) is 18.9 Å². The van der Waals surface area contributed by atoms with E-state index >= 15 is 8.78 Å². The van der Waals surface area contributed by atoms with E-state index in [0.717, 1.165) is 16.6 Å². The van der Waals surface area contributed by atoms with Gasteiger partial charge in [-0.15, -0.1) is 0 Å². The van der Waals surface area contributed by atoms with Gasteiger partial charge in [-0.25, -0.2) is 4.79 Å². The quantitative estimate of drug-likeness (QED) is 0.123. The Morgan fingerprint density at radius 1 is 1.14 bits per heavy atom. The highest BCUT2D eigenvalue weighted by molar-refractivity contribution is 6.99. The van der Waals surface area contributed by atoms with Gasteiger partial charge in [-0.05, 0) is 27.0 Å². The summed E-state index contributed by atoms with van der Waals surface area (Å²) >= 11 is 0. The monoisotopic (exact) mass is 598 g/mol. The molecule has 2 aromatic carbocycles. The van der Waals surface area contributed by atoms with E-state index in [1.807, 2.05) is 81.4 Å². The summed E-state index contributed by atoms with van der Waals surface area (Å²) in [5.74, 6) is -5.03. The van der Waals surface area contributed by atoms with Crippen LogP contribution in [0.2, 0.25) is 5.04 Å². The van der Waals surface area contributed by atoms with E-state index < -0.39 is 55.8 Å². The van der Waals surface area contributed by atoms with Crippen molar-refractivity contribution >= 4 is 30.5 Å². The van der Waals surface area contributed by atoms with Crippen molar-refractivity contribution in [1.82, 2.24) is 9.55 Å². The number of hydrogen-bond acceptors (Lipinski definition) is 8. The summed E-state index contributed by atoms with van der Waals surface area (Å²) < 4.78 is 50.4. The van der Waals surface area contributed by atoms with E-state index in [1.54, 1.807) is 0 Å². The number of nitrogens with two attached hydrogens (primary N) is 1. The highest BCUT2D eigenvalue weighted by atomic mass is 28.4. The zero-order valence-corrected chi connectivity index (χ0v) is 24.4. The fourth-order valence-corrected chi connectivity index (χ4v) is 9.78. The maximum absolute atomic E-state index is 16.0. The number of hydrogen-bond donors (Lipinski definition) is 1. The summed E-state index contributed by atoms with van der Waals surface area (Å²) in [5.41, 5.74) is 13.0. The molecule has 222 valence electrons. The van der Waals surface area contributed by atoms with Crippen LogP contribution < -0.4 is 21.8 Å². The van der Waals surface area contributed by atoms with Crippen LogP contribution in [0.15, 0.2) is 82.8 Å². The summed E-state index contributed by atoms with van der Waals surface area (Å²) in [4.78, 5) is 31.2. The molecular weight excluding hydrogens is 566 g/mol. The van der Waals surface area contributed by atoms with Gasteiger partial charge in [0, 0.05) is 17.7 Å². The average Bonchev–Trinajstić information content (AvgIpc) is 3.18. The first-order valence-corrected chi connectivity index (χ1v) is 15.2. The molecule has 4 rings (SSSR count). The third-order valence-corrected chi connectivity index (χ3v) is 12.1. The number of aromatic nitrogens is 2. The van der Waals surface area contributed by atoms with Crippen LogP contribution in [0.1, 0.15) is 33.4 Å². The zero-order valence-electron chi connectivity index (χ0n) is 23.4. The van der Waals surface area contributed by atoms with Crippen LogP contribution in [0.3, 0.4) is 0 Å². The largest absolute Gasteiger partial charge is 0.453 e. The van der Waals surface area contributed by atoms with Crippen LogP contribution in [0.4, 0.5) is 14.6 Å². The standard InChI is InChI=1S/C28H32F2N6O5Si/c1-27(2,3)42(19-10-6-4-7-11-19,20-12-8-5-9-13-20)39-18-21-24(41-23(37)14-16-33-35-32)28(29,30)25(40-21)36-17-15-22(31)34-26(36)38/h4-13,15,17,21,24-25H,14,16,18H2,1-3H3,(H2,31,34,38)/t21-,24?,25-/m1/s1. The number of nitrogen functional groups attached to an aromatic ring is 1. The molecule has 14 heteroatoms. The Bertz CT molecular complexity index is 1460. The number of benzene rings is 2. The van der Waals surface area contributed by atoms with Gasteiger partial charge in [0.2, 0.25) is 6.23 Å². The summed E-state index contributed by atoms with van der Waals surface area (Å²) in [6.07, 6.45) is -5.12. The van der Waals surface area contributed by atoms with Crippen LogP contribution in [-0.2, 0) is 18.7 Å². The van der Waals surface area contributed by atoms with E-state index in [4.69, 9.17) is 25.2 Å². The van der Waals surface area contributed by atoms with Crippen LogP contribution >= 0.6 is 0 Å². The summed E-state index contributed by atoms with van der Waals surface area (Å²) in [5, 5.41) is 4.60. The molecule has 1 aliphatic heterocycles. The molecule has 42 heavy (non-hydrogen) atoms. The molecule has 0 aliphatic carbocycles. The van der Waals surface area contributed by atoms with Crippen molar-refractivity contribution < 1.29 is 27.5 Å². The topological polar surface area (TPSA) is 154 Å². The molecule has 0 radical (unpaired) electrons. The lowest BCUT2D eigenvalue weighted by molar-refractivity contribution is -0.176. The number of nitrogens with zero attached hydrogens (tertiary/aromatic N) is 5. The Morgan fingerprint density at radius 2 is 1.74 bits per heavy atom. The van der Waals surface area contributed by atoms with Gasteiger partial charge in [-0.1, -0.05) is 86.5 Å². The van der Waals surface area contributed by atoms with E-state index in [9.17, 15) is 9.59 Å². The second-order valence-electron chi connectivity index (χ2n) is 10.8. The third kappa shape index (κ3) is 6.07. The van der Waals surface area contributed by atoms with Crippen molar-refractivity contribution in [3.63, 3.8) is 0 Å². The SMILES string of the molecule is CC(C)(C)[Si](OC[C@H]1O[C@@H](n2ccc(N)nc2=O)C(F)(F)C1OC(=O)CCN=[N+]=[N-])(c1ccccc1)c1ccccc1. The Balaban J connectivity index is 1.76. The fourth-order valence-electron chi connectivity index (χ4n) is 5.21. The molecule has 0 spiro atoms. The summed E-state index contributed by atoms with van der Waals surface area (Å²) in [6.45, 7) is 5.42. The molecule has 1 aliphatic rings. The van der Waals surface area contributed by atoms with Gasteiger partial charge in [0.15, 0.2) is 6.10 Å². The highest BCUT2D eigenvalue weighted by Crippen LogP contribution is 2.45. The molecule has 0 amide bonds. The van der Waals surface area contributed by atoms with Gasteiger partial charge in [0.05, 0.1) is 13.0 Å². The van der Waals surface area contributed by atoms with Gasteiger partial charge in [0.1, 0.15) is 11.9 Å². The van der Waals surface area contributed by atoms with Gasteiger partial charge in [0.25, 0.3) is 8.32 Å². The lowest BCUT2D eigenvalue weighted by Crippen LogP contribution is -2.67. The summed E-state index contributed by atoms with van der Waals surface area (Å²) in [7, 11) is -3.20. The van der Waals surface area contributed by atoms with Gasteiger partial charge >= 0.3 is 17.6 Å². The molecule has 2 N–H and O–H groups in total. The molecule has 3 aromatic rings. The average molecular weight is 599 g/mol. The number of carbonyl (C=O) groups is 1. The number of azide groups is 1. The Morgan fingerprint density at radius 3 is 2.26 bits per heavy atom. The zero-order chi connectivity index (χ0) is 30.5. The number of alkyl halides is 2. The van der Waals surface area contributed by atoms with E-state index in [-0.39, 0.29) is 19.0 Å². The Labute approximate surface area is 242 Å². The van der Waals surface area contributed by atoms with Gasteiger partial charge < -0.3 is 19.6 Å². The smallest absolute Gasteiger partial charge is 0.351 e. The number of anilines is 1. The highest BCUT2D eigenvalue weighted by Gasteiger charge is 2.63. The van der Waals surface area contributed by atoms with Crippen molar-refractivity contribution in [1.29, 1.82) is 0 Å². The molecule has 11 nitrogen and oxygen atoms in total.